The highest BCUT2D eigenvalue weighted by molar-refractivity contribution is 6.02. The first-order chi connectivity index (χ1) is 14.2. The van der Waals surface area contributed by atoms with Gasteiger partial charge in [0.25, 0.3) is 11.8 Å². The third-order valence-corrected chi connectivity index (χ3v) is 5.43. The Kier molecular flexibility index (Phi) is 5.01. The quantitative estimate of drug-likeness (QED) is 0.794. The summed E-state index contributed by atoms with van der Waals surface area (Å²) in [7, 11) is 0. The predicted octanol–water partition coefficient (Wildman–Crippen LogP) is 3.59. The van der Waals surface area contributed by atoms with Crippen molar-refractivity contribution < 1.29 is 22.7 Å². The van der Waals surface area contributed by atoms with E-state index < -0.39 is 35.4 Å². The van der Waals surface area contributed by atoms with Gasteiger partial charge in [-0.3, -0.25) is 14.8 Å². The van der Waals surface area contributed by atoms with Gasteiger partial charge in [0.1, 0.15) is 30.6 Å². The average molecular weight is 418 g/mol. The molecule has 1 amide bonds. The number of pyridine rings is 1. The summed E-state index contributed by atoms with van der Waals surface area (Å²) in [5, 5.41) is 2.58. The Hall–Kier alpha value is -2.94. The highest BCUT2D eigenvalue weighted by Gasteiger charge is 2.54. The van der Waals surface area contributed by atoms with E-state index >= 15 is 0 Å². The number of benzene rings is 1. The largest absolute Gasteiger partial charge is 0.385 e. The molecule has 1 aliphatic carbocycles. The molecule has 0 bridgehead atoms. The van der Waals surface area contributed by atoms with Crippen molar-refractivity contribution in [3.05, 3.63) is 59.2 Å². The van der Waals surface area contributed by atoms with E-state index in [0.29, 0.717) is 5.92 Å². The molecule has 1 aromatic heterocycles. The number of alkyl halides is 2. The summed E-state index contributed by atoms with van der Waals surface area (Å²) in [4.78, 5) is 20.5. The lowest BCUT2D eigenvalue weighted by molar-refractivity contribution is -0.116. The summed E-state index contributed by atoms with van der Waals surface area (Å²) < 4.78 is 49.0. The number of carbonyl (C=O) groups is 1. The summed E-state index contributed by atoms with van der Waals surface area (Å²) in [6.45, 7) is -0.135. The number of amides is 1. The fraction of sp³-hybridized carbons (Fsp3) is 0.381. The van der Waals surface area contributed by atoms with Gasteiger partial charge < -0.3 is 15.8 Å². The Morgan fingerprint density at radius 1 is 1.27 bits per heavy atom. The first-order valence-corrected chi connectivity index (χ1v) is 9.57. The van der Waals surface area contributed by atoms with Crippen LogP contribution in [0.3, 0.4) is 0 Å². The monoisotopic (exact) mass is 418 g/mol. The molecule has 6 nitrogen and oxygen atoms in total. The molecule has 1 aromatic carbocycles. The van der Waals surface area contributed by atoms with E-state index in [9.17, 15) is 18.0 Å². The van der Waals surface area contributed by atoms with Gasteiger partial charge in [0.15, 0.2) is 5.54 Å². The van der Waals surface area contributed by atoms with Crippen LogP contribution in [0.2, 0.25) is 0 Å². The van der Waals surface area contributed by atoms with Crippen LogP contribution in [-0.2, 0) is 10.3 Å². The normalized spacial score (nSPS) is 23.4. The van der Waals surface area contributed by atoms with Crippen molar-refractivity contribution in [1.82, 2.24) is 4.98 Å². The van der Waals surface area contributed by atoms with Crippen LogP contribution in [-0.4, -0.2) is 35.9 Å². The Bertz CT molecular complexity index is 1010. The Morgan fingerprint density at radius 2 is 2.03 bits per heavy atom. The summed E-state index contributed by atoms with van der Waals surface area (Å²) in [5.41, 5.74) is 4.35. The van der Waals surface area contributed by atoms with Gasteiger partial charge in [-0.25, -0.2) is 13.2 Å². The zero-order chi connectivity index (χ0) is 21.5. The molecule has 2 aromatic rings. The van der Waals surface area contributed by atoms with Crippen molar-refractivity contribution in [2.45, 2.75) is 37.1 Å². The van der Waals surface area contributed by atoms with Crippen LogP contribution in [0.5, 0.6) is 0 Å². The van der Waals surface area contributed by atoms with Crippen molar-refractivity contribution in [3.63, 3.8) is 0 Å². The van der Waals surface area contributed by atoms with Gasteiger partial charge in [-0.15, -0.1) is 0 Å². The van der Waals surface area contributed by atoms with Crippen LogP contribution in [0.4, 0.5) is 18.9 Å². The molecule has 9 heteroatoms. The number of nitrogens with two attached hydrogens (primary N) is 1. The number of aliphatic imine (C=N–C) groups is 1. The number of amidine groups is 1. The van der Waals surface area contributed by atoms with Crippen LogP contribution in [0.1, 0.15) is 47.3 Å². The van der Waals surface area contributed by atoms with Gasteiger partial charge >= 0.3 is 0 Å². The van der Waals surface area contributed by atoms with Gasteiger partial charge in [-0.1, -0.05) is 6.07 Å². The van der Waals surface area contributed by atoms with Crippen molar-refractivity contribution in [2.24, 2.45) is 10.7 Å². The minimum Gasteiger partial charge on any atom is -0.385 e. The topological polar surface area (TPSA) is 89.6 Å². The lowest BCUT2D eigenvalue weighted by atomic mass is 9.85. The number of hydrogen-bond donors (Lipinski definition) is 2. The molecule has 1 unspecified atom stereocenters. The molecule has 1 fully saturated rings. The molecular weight excluding hydrogens is 397 g/mol. The van der Waals surface area contributed by atoms with E-state index in [1.807, 2.05) is 6.07 Å². The van der Waals surface area contributed by atoms with Gasteiger partial charge in [-0.2, -0.15) is 0 Å². The second-order valence-corrected chi connectivity index (χ2v) is 7.77. The molecule has 3 N–H and O–H groups in total. The molecule has 0 spiro atoms. The standard InChI is InChI=1S/C21H21F3N4O2/c1-20(21(23,24)11-30-10-18(25)28-20)15-8-14(5-6-16(15)22)27-19(29)17-7-4-13(9-26-17)12-2-3-12/h4-9,12H,2-3,10-11H2,1H3,(H2,25,28)(H,27,29). The number of halogens is 3. The van der Waals surface area contributed by atoms with Crippen LogP contribution in [0, 0.1) is 5.82 Å². The van der Waals surface area contributed by atoms with Crippen LogP contribution < -0.4 is 11.1 Å². The SMILES string of the molecule is CC1(c2cc(NC(=O)c3ccc(C4CC4)cn3)ccc2F)N=C(N)COCC1(F)F. The Labute approximate surface area is 171 Å². The fourth-order valence-electron chi connectivity index (χ4n) is 3.45. The summed E-state index contributed by atoms with van der Waals surface area (Å²) >= 11 is 0. The van der Waals surface area contributed by atoms with Crippen molar-refractivity contribution in [2.75, 3.05) is 18.5 Å². The highest BCUT2D eigenvalue weighted by atomic mass is 19.3. The summed E-state index contributed by atoms with van der Waals surface area (Å²) in [6.07, 6.45) is 3.90. The van der Waals surface area contributed by atoms with Crippen molar-refractivity contribution in [1.29, 1.82) is 0 Å². The van der Waals surface area contributed by atoms with E-state index in [-0.39, 0.29) is 23.8 Å². The Morgan fingerprint density at radius 3 is 2.70 bits per heavy atom. The van der Waals surface area contributed by atoms with Gasteiger partial charge in [0.2, 0.25) is 0 Å². The molecule has 1 aliphatic heterocycles. The third-order valence-electron chi connectivity index (χ3n) is 5.43. The molecule has 30 heavy (non-hydrogen) atoms. The van der Waals surface area contributed by atoms with E-state index in [0.717, 1.165) is 37.5 Å². The van der Waals surface area contributed by atoms with E-state index in [4.69, 9.17) is 10.5 Å². The maximum atomic E-state index is 14.8. The third kappa shape index (κ3) is 3.77. The van der Waals surface area contributed by atoms with Crippen molar-refractivity contribution >= 4 is 17.4 Å². The number of aromatic nitrogens is 1. The smallest absolute Gasteiger partial charge is 0.299 e. The molecule has 2 heterocycles. The zero-order valence-corrected chi connectivity index (χ0v) is 16.3. The maximum Gasteiger partial charge on any atom is 0.299 e. The van der Waals surface area contributed by atoms with E-state index in [2.05, 4.69) is 15.3 Å². The molecule has 158 valence electrons. The first-order valence-electron chi connectivity index (χ1n) is 9.57. The number of ether oxygens (including phenoxy) is 1. The van der Waals surface area contributed by atoms with Crippen molar-refractivity contribution in [3.8, 4) is 0 Å². The second kappa shape index (κ2) is 7.39. The van der Waals surface area contributed by atoms with Gasteiger partial charge in [0.05, 0.1) is 0 Å². The molecule has 1 atom stereocenters. The molecular formula is C21H21F3N4O2. The first kappa shape index (κ1) is 20.3. The number of carbonyl (C=O) groups excluding carboxylic acids is 1. The molecule has 0 radical (unpaired) electrons. The van der Waals surface area contributed by atoms with E-state index in [1.165, 1.54) is 6.07 Å². The predicted molar refractivity (Wildman–Crippen MR) is 105 cm³/mol. The van der Waals surface area contributed by atoms with Gasteiger partial charge in [-0.05, 0) is 55.5 Å². The lowest BCUT2D eigenvalue weighted by Gasteiger charge is -2.33. The maximum absolute atomic E-state index is 14.8. The molecule has 4 rings (SSSR count). The van der Waals surface area contributed by atoms with Crippen LogP contribution in [0.25, 0.3) is 0 Å². The van der Waals surface area contributed by atoms with Crippen LogP contribution >= 0.6 is 0 Å². The number of nitrogens with zero attached hydrogens (tertiary/aromatic N) is 2. The molecule has 1 saturated carbocycles. The van der Waals surface area contributed by atoms with Gasteiger partial charge in [0, 0.05) is 17.4 Å². The molecule has 2 aliphatic rings. The van der Waals surface area contributed by atoms with Crippen LogP contribution in [0.15, 0.2) is 41.5 Å². The minimum absolute atomic E-state index is 0.139. The number of nitrogens with one attached hydrogen (secondary N) is 1. The molecule has 0 saturated heterocycles. The van der Waals surface area contributed by atoms with E-state index in [1.54, 1.807) is 12.3 Å². The average Bonchev–Trinajstić information content (AvgIpc) is 3.54. The number of hydrogen-bond acceptors (Lipinski definition) is 5. The lowest BCUT2D eigenvalue weighted by Crippen LogP contribution is -2.45. The fourth-order valence-corrected chi connectivity index (χ4v) is 3.45. The number of anilines is 1. The summed E-state index contributed by atoms with van der Waals surface area (Å²) in [6, 6.07) is 6.89. The minimum atomic E-state index is -3.52. The second-order valence-electron chi connectivity index (χ2n) is 7.77. The Balaban J connectivity index is 1.62. The number of rotatable bonds is 4. The highest BCUT2D eigenvalue weighted by Crippen LogP contribution is 2.44. The summed E-state index contributed by atoms with van der Waals surface area (Å²) in [5.74, 6) is -4.59. The zero-order valence-electron chi connectivity index (χ0n) is 16.3.